The Morgan fingerprint density at radius 1 is 1.13 bits per heavy atom. The Morgan fingerprint density at radius 3 is 2.61 bits per heavy atom. The van der Waals surface area contributed by atoms with Crippen LogP contribution in [0.2, 0.25) is 0 Å². The zero-order chi connectivity index (χ0) is 16.4. The Kier molecular flexibility index (Phi) is 5.13. The second kappa shape index (κ2) is 6.95. The first-order valence-electron chi connectivity index (χ1n) is 8.89. The fraction of sp³-hybridized carbons (Fsp3) is 0.941. The molecule has 0 aromatic carbocycles. The van der Waals surface area contributed by atoms with Crippen molar-refractivity contribution >= 4 is 6.09 Å². The van der Waals surface area contributed by atoms with Gasteiger partial charge in [0.15, 0.2) is 0 Å². The highest BCUT2D eigenvalue weighted by molar-refractivity contribution is 5.68. The predicted octanol–water partition coefficient (Wildman–Crippen LogP) is 1.83. The summed E-state index contributed by atoms with van der Waals surface area (Å²) < 4.78 is 16.9. The van der Waals surface area contributed by atoms with Crippen LogP contribution in [0.5, 0.6) is 0 Å². The Hall–Kier alpha value is -0.850. The quantitative estimate of drug-likeness (QED) is 0.828. The summed E-state index contributed by atoms with van der Waals surface area (Å²) in [5, 5.41) is 6.72. The van der Waals surface area contributed by atoms with E-state index in [1.54, 1.807) is 0 Å². The number of rotatable bonds is 3. The summed E-state index contributed by atoms with van der Waals surface area (Å²) in [7, 11) is 0. The van der Waals surface area contributed by atoms with Gasteiger partial charge in [0, 0.05) is 25.2 Å². The fourth-order valence-corrected chi connectivity index (χ4v) is 3.89. The molecule has 2 heterocycles. The van der Waals surface area contributed by atoms with Crippen molar-refractivity contribution in [2.75, 3.05) is 19.8 Å². The summed E-state index contributed by atoms with van der Waals surface area (Å²) in [5.41, 5.74) is -0.476. The molecule has 1 aliphatic carbocycles. The second-order valence-corrected chi connectivity index (χ2v) is 7.92. The highest BCUT2D eigenvalue weighted by atomic mass is 16.6. The molecule has 0 spiro atoms. The summed E-state index contributed by atoms with van der Waals surface area (Å²) >= 11 is 0. The van der Waals surface area contributed by atoms with E-state index in [2.05, 4.69) is 10.6 Å². The maximum atomic E-state index is 12.1. The fourth-order valence-electron chi connectivity index (χ4n) is 3.89. The highest BCUT2D eigenvalue weighted by Gasteiger charge is 2.53. The minimum Gasteiger partial charge on any atom is -0.444 e. The number of alkyl carbamates (subject to hydrolysis) is 1. The molecule has 6 heteroatoms. The number of carbonyl (C=O) groups is 1. The van der Waals surface area contributed by atoms with Gasteiger partial charge in [-0.3, -0.25) is 0 Å². The molecule has 5 unspecified atom stereocenters. The smallest absolute Gasteiger partial charge is 0.407 e. The van der Waals surface area contributed by atoms with Gasteiger partial charge in [-0.25, -0.2) is 4.79 Å². The maximum Gasteiger partial charge on any atom is 0.407 e. The molecule has 23 heavy (non-hydrogen) atoms. The number of ether oxygens (including phenoxy) is 3. The van der Waals surface area contributed by atoms with E-state index in [0.717, 1.165) is 45.5 Å². The van der Waals surface area contributed by atoms with Crippen LogP contribution < -0.4 is 10.6 Å². The highest BCUT2D eigenvalue weighted by Crippen LogP contribution is 2.39. The molecular weight excluding hydrogens is 296 g/mol. The summed E-state index contributed by atoms with van der Waals surface area (Å²) in [6.07, 6.45) is 4.23. The zero-order valence-electron chi connectivity index (χ0n) is 14.5. The molecule has 5 atom stereocenters. The molecule has 3 aliphatic rings. The molecule has 0 radical (unpaired) electrons. The standard InChI is InChI=1S/C17H30N2O4/c1-17(2,3)23-16(20)19-13-12-7-5-9-22-15(12)14(13)18-11-6-4-8-21-10-11/h11-15,18H,4-10H2,1-3H3,(H,19,20). The van der Waals surface area contributed by atoms with Crippen molar-refractivity contribution in [3.8, 4) is 0 Å². The topological polar surface area (TPSA) is 68.8 Å². The van der Waals surface area contributed by atoms with Crippen LogP contribution in [-0.2, 0) is 14.2 Å². The number of fused-ring (bicyclic) bond motifs is 1. The normalized spacial score (nSPS) is 37.4. The van der Waals surface area contributed by atoms with E-state index in [-0.39, 0.29) is 24.3 Å². The molecule has 3 fully saturated rings. The van der Waals surface area contributed by atoms with Crippen molar-refractivity contribution in [3.05, 3.63) is 0 Å². The summed E-state index contributed by atoms with van der Waals surface area (Å²) in [6.45, 7) is 8.07. The van der Waals surface area contributed by atoms with Crippen LogP contribution in [0.15, 0.2) is 0 Å². The van der Waals surface area contributed by atoms with E-state index in [9.17, 15) is 4.79 Å². The minimum absolute atomic E-state index is 0.0806. The van der Waals surface area contributed by atoms with Crippen LogP contribution in [0.1, 0.15) is 46.5 Å². The van der Waals surface area contributed by atoms with Gasteiger partial charge in [-0.15, -0.1) is 0 Å². The van der Waals surface area contributed by atoms with Gasteiger partial charge in [0.1, 0.15) is 5.60 Å². The largest absolute Gasteiger partial charge is 0.444 e. The average molecular weight is 326 g/mol. The molecule has 2 saturated heterocycles. The van der Waals surface area contributed by atoms with E-state index in [4.69, 9.17) is 14.2 Å². The van der Waals surface area contributed by atoms with Gasteiger partial charge in [0.2, 0.25) is 0 Å². The van der Waals surface area contributed by atoms with Gasteiger partial charge >= 0.3 is 6.09 Å². The van der Waals surface area contributed by atoms with E-state index < -0.39 is 5.60 Å². The average Bonchev–Trinajstić information content (AvgIpc) is 2.50. The van der Waals surface area contributed by atoms with Crippen LogP contribution >= 0.6 is 0 Å². The third kappa shape index (κ3) is 4.17. The van der Waals surface area contributed by atoms with E-state index in [1.165, 1.54) is 0 Å². The molecule has 6 nitrogen and oxygen atoms in total. The van der Waals surface area contributed by atoms with Gasteiger partial charge in [0.05, 0.1) is 24.8 Å². The molecule has 2 aliphatic heterocycles. The van der Waals surface area contributed by atoms with Crippen molar-refractivity contribution in [3.63, 3.8) is 0 Å². The number of nitrogens with one attached hydrogen (secondary N) is 2. The van der Waals surface area contributed by atoms with Crippen molar-refractivity contribution in [1.82, 2.24) is 10.6 Å². The predicted molar refractivity (Wildman–Crippen MR) is 86.4 cm³/mol. The lowest BCUT2D eigenvalue weighted by atomic mass is 9.68. The molecule has 1 amide bonds. The number of hydrogen-bond donors (Lipinski definition) is 2. The molecular formula is C17H30N2O4. The van der Waals surface area contributed by atoms with Gasteiger partial charge in [-0.1, -0.05) is 0 Å². The third-order valence-corrected chi connectivity index (χ3v) is 4.89. The summed E-state index contributed by atoms with van der Waals surface area (Å²) in [6, 6.07) is 0.583. The monoisotopic (exact) mass is 326 g/mol. The van der Waals surface area contributed by atoms with Gasteiger partial charge in [0.25, 0.3) is 0 Å². The molecule has 1 saturated carbocycles. The van der Waals surface area contributed by atoms with Crippen LogP contribution in [0, 0.1) is 5.92 Å². The molecule has 2 N–H and O–H groups in total. The molecule has 132 valence electrons. The first kappa shape index (κ1) is 17.0. The Bertz CT molecular complexity index is 417. The van der Waals surface area contributed by atoms with Crippen molar-refractivity contribution in [2.45, 2.75) is 76.3 Å². The lowest BCUT2D eigenvalue weighted by Crippen LogP contribution is -2.74. The van der Waals surface area contributed by atoms with E-state index in [0.29, 0.717) is 12.0 Å². The van der Waals surface area contributed by atoms with Gasteiger partial charge in [-0.05, 0) is 46.5 Å². The number of amides is 1. The molecule has 0 bridgehead atoms. The maximum absolute atomic E-state index is 12.1. The Labute approximate surface area is 138 Å². The zero-order valence-corrected chi connectivity index (χ0v) is 14.5. The van der Waals surface area contributed by atoms with E-state index >= 15 is 0 Å². The second-order valence-electron chi connectivity index (χ2n) is 7.92. The Balaban J connectivity index is 1.59. The molecule has 0 aromatic heterocycles. The first-order chi connectivity index (χ1) is 10.9. The minimum atomic E-state index is -0.476. The molecule has 0 aromatic rings. The SMILES string of the molecule is CC(C)(C)OC(=O)NC1C2CCCOC2C1NC1CCCOC1. The van der Waals surface area contributed by atoms with Crippen LogP contribution in [-0.4, -0.2) is 55.7 Å². The van der Waals surface area contributed by atoms with Crippen LogP contribution in [0.3, 0.4) is 0 Å². The lowest BCUT2D eigenvalue weighted by Gasteiger charge is -2.55. The van der Waals surface area contributed by atoms with Crippen molar-refractivity contribution in [1.29, 1.82) is 0 Å². The summed E-state index contributed by atoms with van der Waals surface area (Å²) in [5.74, 6) is 0.387. The third-order valence-electron chi connectivity index (χ3n) is 4.89. The number of carbonyl (C=O) groups excluding carboxylic acids is 1. The van der Waals surface area contributed by atoms with Crippen molar-refractivity contribution in [2.24, 2.45) is 5.92 Å². The molecule has 3 rings (SSSR count). The van der Waals surface area contributed by atoms with E-state index in [1.807, 2.05) is 20.8 Å². The first-order valence-corrected chi connectivity index (χ1v) is 8.89. The van der Waals surface area contributed by atoms with Gasteiger partial charge in [-0.2, -0.15) is 0 Å². The van der Waals surface area contributed by atoms with Gasteiger partial charge < -0.3 is 24.8 Å². The summed E-state index contributed by atoms with van der Waals surface area (Å²) in [4.78, 5) is 12.1. The Morgan fingerprint density at radius 2 is 1.91 bits per heavy atom. The number of hydrogen-bond acceptors (Lipinski definition) is 5. The van der Waals surface area contributed by atoms with Crippen molar-refractivity contribution < 1.29 is 19.0 Å². The van der Waals surface area contributed by atoms with Crippen LogP contribution in [0.4, 0.5) is 4.79 Å². The lowest BCUT2D eigenvalue weighted by molar-refractivity contribution is -0.133. The van der Waals surface area contributed by atoms with Crippen LogP contribution in [0.25, 0.3) is 0 Å².